The Balaban J connectivity index is 2.40. The molecule has 0 bridgehead atoms. The lowest BCUT2D eigenvalue weighted by atomic mass is 10.2. The molecular weight excluding hydrogens is 294 g/mol. The fourth-order valence-electron chi connectivity index (χ4n) is 1.99. The fraction of sp³-hybridized carbons (Fsp3) is 0.385. The van der Waals surface area contributed by atoms with Crippen LogP contribution in [-0.4, -0.2) is 45.4 Å². The number of aromatic nitrogens is 2. The maximum absolute atomic E-state index is 12.3. The largest absolute Gasteiger partial charge is 0.481 e. The van der Waals surface area contributed by atoms with E-state index in [0.29, 0.717) is 26.5 Å². The van der Waals surface area contributed by atoms with Crippen LogP contribution < -0.4 is 5.56 Å². The number of thiophene rings is 1. The van der Waals surface area contributed by atoms with E-state index >= 15 is 0 Å². The quantitative estimate of drug-likeness (QED) is 0.881. The van der Waals surface area contributed by atoms with Crippen molar-refractivity contribution in [1.29, 1.82) is 0 Å². The number of H-pyrrole nitrogens is 1. The van der Waals surface area contributed by atoms with Crippen molar-refractivity contribution < 1.29 is 14.7 Å². The van der Waals surface area contributed by atoms with Gasteiger partial charge in [-0.05, 0) is 19.4 Å². The topological polar surface area (TPSA) is 103 Å². The van der Waals surface area contributed by atoms with Crippen LogP contribution in [0.25, 0.3) is 10.2 Å². The second-order valence-corrected chi connectivity index (χ2v) is 5.76. The van der Waals surface area contributed by atoms with Gasteiger partial charge in [0.05, 0.1) is 16.7 Å². The third-order valence-corrected chi connectivity index (χ3v) is 4.29. The van der Waals surface area contributed by atoms with E-state index in [1.165, 1.54) is 11.9 Å². The van der Waals surface area contributed by atoms with E-state index in [-0.39, 0.29) is 24.4 Å². The maximum atomic E-state index is 12.3. The number of carboxylic acids is 1. The molecular formula is C13H15N3O4S. The number of aryl methyl sites for hydroxylation is 2. The summed E-state index contributed by atoms with van der Waals surface area (Å²) in [5, 5.41) is 9.08. The van der Waals surface area contributed by atoms with Gasteiger partial charge in [-0.15, -0.1) is 11.3 Å². The van der Waals surface area contributed by atoms with Crippen molar-refractivity contribution in [2.75, 3.05) is 13.6 Å². The van der Waals surface area contributed by atoms with Crippen molar-refractivity contribution in [3.8, 4) is 0 Å². The number of rotatable bonds is 4. The number of fused-ring (bicyclic) bond motifs is 1. The van der Waals surface area contributed by atoms with E-state index in [0.717, 1.165) is 11.3 Å². The molecule has 0 saturated heterocycles. The van der Waals surface area contributed by atoms with E-state index in [9.17, 15) is 14.4 Å². The molecule has 21 heavy (non-hydrogen) atoms. The highest BCUT2D eigenvalue weighted by molar-refractivity contribution is 7.20. The van der Waals surface area contributed by atoms with Crippen LogP contribution in [0.4, 0.5) is 0 Å². The first kappa shape index (κ1) is 15.2. The van der Waals surface area contributed by atoms with Crippen LogP contribution in [0.3, 0.4) is 0 Å². The van der Waals surface area contributed by atoms with Gasteiger partial charge in [-0.2, -0.15) is 0 Å². The Labute approximate surface area is 124 Å². The van der Waals surface area contributed by atoms with Gasteiger partial charge in [-0.25, -0.2) is 4.98 Å². The number of hydrogen-bond acceptors (Lipinski definition) is 5. The lowest BCUT2D eigenvalue weighted by Crippen LogP contribution is -2.28. The summed E-state index contributed by atoms with van der Waals surface area (Å²) < 4.78 is 0. The lowest BCUT2D eigenvalue weighted by Gasteiger charge is -2.15. The lowest BCUT2D eigenvalue weighted by molar-refractivity contribution is -0.137. The zero-order valence-corrected chi connectivity index (χ0v) is 12.7. The molecule has 0 radical (unpaired) electrons. The minimum Gasteiger partial charge on any atom is -0.481 e. The van der Waals surface area contributed by atoms with Gasteiger partial charge in [-0.3, -0.25) is 14.4 Å². The molecule has 0 aromatic carbocycles. The summed E-state index contributed by atoms with van der Waals surface area (Å²) in [6.45, 7) is 3.49. The number of carbonyl (C=O) groups excluding carboxylic acids is 1. The number of aromatic amines is 1. The molecule has 2 N–H and O–H groups in total. The minimum absolute atomic E-state index is 0.116. The Morgan fingerprint density at radius 2 is 2.05 bits per heavy atom. The van der Waals surface area contributed by atoms with Crippen LogP contribution in [0.2, 0.25) is 0 Å². The smallest absolute Gasteiger partial charge is 0.305 e. The van der Waals surface area contributed by atoms with Crippen LogP contribution in [0.15, 0.2) is 4.79 Å². The average Bonchev–Trinajstić information content (AvgIpc) is 2.72. The molecule has 0 aliphatic rings. The van der Waals surface area contributed by atoms with Crippen molar-refractivity contribution in [3.05, 3.63) is 26.6 Å². The summed E-state index contributed by atoms with van der Waals surface area (Å²) in [6.07, 6.45) is -0.121. The monoisotopic (exact) mass is 309 g/mol. The van der Waals surface area contributed by atoms with Gasteiger partial charge in [0.1, 0.15) is 10.7 Å². The van der Waals surface area contributed by atoms with Crippen LogP contribution >= 0.6 is 11.3 Å². The van der Waals surface area contributed by atoms with Gasteiger partial charge in [0, 0.05) is 13.6 Å². The normalized spacial score (nSPS) is 10.8. The highest BCUT2D eigenvalue weighted by Crippen LogP contribution is 2.27. The van der Waals surface area contributed by atoms with Crippen molar-refractivity contribution in [3.63, 3.8) is 0 Å². The van der Waals surface area contributed by atoms with E-state index in [4.69, 9.17) is 5.11 Å². The Hall–Kier alpha value is -2.22. The van der Waals surface area contributed by atoms with Gasteiger partial charge in [0.2, 0.25) is 0 Å². The van der Waals surface area contributed by atoms with Crippen LogP contribution in [0.1, 0.15) is 27.5 Å². The number of aliphatic carboxylic acids is 1. The third kappa shape index (κ3) is 2.94. The molecule has 2 heterocycles. The van der Waals surface area contributed by atoms with E-state index in [1.807, 2.05) is 0 Å². The van der Waals surface area contributed by atoms with Gasteiger partial charge >= 0.3 is 5.97 Å². The number of nitrogens with zero attached hydrogens (tertiary/aromatic N) is 2. The fourth-order valence-corrected chi connectivity index (χ4v) is 3.22. The molecule has 2 aromatic rings. The third-order valence-electron chi connectivity index (χ3n) is 3.12. The molecule has 7 nitrogen and oxygen atoms in total. The van der Waals surface area contributed by atoms with Crippen LogP contribution in [0.5, 0.6) is 0 Å². The zero-order chi connectivity index (χ0) is 15.7. The van der Waals surface area contributed by atoms with E-state index < -0.39 is 5.97 Å². The molecule has 0 spiro atoms. The van der Waals surface area contributed by atoms with Gasteiger partial charge in [0.25, 0.3) is 11.5 Å². The van der Waals surface area contributed by atoms with Crippen molar-refractivity contribution >= 4 is 33.4 Å². The Bertz CT molecular complexity index is 778. The second kappa shape index (κ2) is 5.65. The predicted molar refractivity (Wildman–Crippen MR) is 78.9 cm³/mol. The first-order valence-corrected chi connectivity index (χ1v) is 7.10. The molecule has 2 aromatic heterocycles. The second-order valence-electron chi connectivity index (χ2n) is 4.76. The van der Waals surface area contributed by atoms with Gasteiger partial charge in [-0.1, -0.05) is 0 Å². The number of nitrogens with one attached hydrogen (secondary N) is 1. The molecule has 0 aliphatic heterocycles. The standard InChI is InChI=1S/C13H15N3O4S/c1-6-9-11(19)14-7(2)15-12(9)21-10(6)13(20)16(3)5-4-8(17)18/h4-5H2,1-3H3,(H,17,18)(H,14,15,19). The minimum atomic E-state index is -0.962. The molecule has 0 unspecified atom stereocenters. The van der Waals surface area contributed by atoms with Crippen molar-refractivity contribution in [1.82, 2.24) is 14.9 Å². The van der Waals surface area contributed by atoms with E-state index in [2.05, 4.69) is 9.97 Å². The SMILES string of the molecule is Cc1nc2sc(C(=O)N(C)CCC(=O)O)c(C)c2c(=O)[nH]1. The average molecular weight is 309 g/mol. The highest BCUT2D eigenvalue weighted by atomic mass is 32.1. The molecule has 1 amide bonds. The molecule has 0 fully saturated rings. The molecule has 112 valence electrons. The van der Waals surface area contributed by atoms with E-state index in [1.54, 1.807) is 13.8 Å². The number of carbonyl (C=O) groups is 2. The zero-order valence-electron chi connectivity index (χ0n) is 11.9. The Morgan fingerprint density at radius 1 is 1.38 bits per heavy atom. The Morgan fingerprint density at radius 3 is 2.67 bits per heavy atom. The number of carboxylic acid groups (broad SMARTS) is 1. The summed E-state index contributed by atoms with van der Waals surface area (Å²) >= 11 is 1.15. The first-order valence-electron chi connectivity index (χ1n) is 6.28. The molecule has 2 rings (SSSR count). The maximum Gasteiger partial charge on any atom is 0.305 e. The van der Waals surface area contributed by atoms with Crippen molar-refractivity contribution in [2.24, 2.45) is 0 Å². The van der Waals surface area contributed by atoms with Crippen molar-refractivity contribution in [2.45, 2.75) is 20.3 Å². The first-order chi connectivity index (χ1) is 9.81. The molecule has 0 atom stereocenters. The molecule has 8 heteroatoms. The summed E-state index contributed by atoms with van der Waals surface area (Å²) in [5.74, 6) is -0.766. The van der Waals surface area contributed by atoms with Gasteiger partial charge in [0.15, 0.2) is 0 Å². The molecule has 0 aliphatic carbocycles. The Kier molecular flexibility index (Phi) is 4.08. The summed E-state index contributed by atoms with van der Waals surface area (Å²) in [5.41, 5.74) is 0.314. The van der Waals surface area contributed by atoms with Crippen LogP contribution in [-0.2, 0) is 4.79 Å². The van der Waals surface area contributed by atoms with Gasteiger partial charge < -0.3 is 15.0 Å². The predicted octanol–water partition coefficient (Wildman–Crippen LogP) is 1.15. The summed E-state index contributed by atoms with van der Waals surface area (Å²) in [6, 6.07) is 0. The molecule has 0 saturated carbocycles. The number of hydrogen-bond donors (Lipinski definition) is 2. The summed E-state index contributed by atoms with van der Waals surface area (Å²) in [4.78, 5) is 44.0. The highest BCUT2D eigenvalue weighted by Gasteiger charge is 2.21. The summed E-state index contributed by atoms with van der Waals surface area (Å²) in [7, 11) is 1.54. The number of amides is 1. The van der Waals surface area contributed by atoms with Crippen LogP contribution in [0, 0.1) is 13.8 Å².